The number of aromatic nitrogens is 3. The number of rotatable bonds is 3. The molecule has 0 fully saturated rings. The molecule has 2 aliphatic carbocycles. The molecule has 15 rings (SSSR count). The number of nitrogens with zero attached hydrogens (tertiary/aromatic N) is 3. The van der Waals surface area contributed by atoms with E-state index in [1.807, 2.05) is 0 Å². The molecule has 0 bridgehead atoms. The van der Waals surface area contributed by atoms with Crippen molar-refractivity contribution in [3.8, 4) is 39.3 Å². The third-order valence-corrected chi connectivity index (χ3v) is 14.6. The lowest BCUT2D eigenvalue weighted by molar-refractivity contribution is 0.791. The fourth-order valence-electron chi connectivity index (χ4n) is 12.2. The standard InChI is InChI=1S/C61H37N3/c1-8-22-51-41(15-1)42-32-29-39(63-57-25-11-4-18-46(57)47-19-5-12-26-58(47)63)36-53(42)61(51)52-34-31-38(62-55-23-9-2-16-44(55)45-17-3-10-24-56(45)62)35-50(52)43-33-30-40(37-54(43)61)64-59-27-13-6-20-48(59)49-21-7-14-28-60(49)64/h1-37H. The van der Waals surface area contributed by atoms with Gasteiger partial charge in [0.05, 0.1) is 38.5 Å². The van der Waals surface area contributed by atoms with Crippen LogP contribution < -0.4 is 0 Å². The number of para-hydroxylation sites is 6. The van der Waals surface area contributed by atoms with Gasteiger partial charge in [0.2, 0.25) is 0 Å². The van der Waals surface area contributed by atoms with Gasteiger partial charge >= 0.3 is 0 Å². The van der Waals surface area contributed by atoms with Crippen LogP contribution in [-0.2, 0) is 5.41 Å². The van der Waals surface area contributed by atoms with Crippen molar-refractivity contribution < 1.29 is 0 Å². The Bertz CT molecular complexity index is 4000. The SMILES string of the molecule is c1ccc2c(c1)-c1ccc(-n3c4ccccc4c4ccccc43)cc1C21c2ccc(-n3c4ccccc4c4ccccc43)cc2-c2ccc(-n3c4ccccc4c4ccccc43)cc21. The molecule has 0 radical (unpaired) electrons. The van der Waals surface area contributed by atoms with Crippen molar-refractivity contribution in [1.82, 2.24) is 13.7 Å². The van der Waals surface area contributed by atoms with Gasteiger partial charge in [-0.3, -0.25) is 0 Å². The molecule has 64 heavy (non-hydrogen) atoms. The van der Waals surface area contributed by atoms with E-state index in [-0.39, 0.29) is 0 Å². The summed E-state index contributed by atoms with van der Waals surface area (Å²) in [4.78, 5) is 0. The zero-order valence-corrected chi connectivity index (χ0v) is 34.7. The Kier molecular flexibility index (Phi) is 6.61. The first-order valence-corrected chi connectivity index (χ1v) is 22.3. The van der Waals surface area contributed by atoms with E-state index in [1.54, 1.807) is 0 Å². The molecule has 1 atom stereocenters. The summed E-state index contributed by atoms with van der Waals surface area (Å²) < 4.78 is 7.40. The quantitative estimate of drug-likeness (QED) is 0.169. The van der Waals surface area contributed by atoms with Gasteiger partial charge in [0, 0.05) is 49.4 Å². The summed E-state index contributed by atoms with van der Waals surface area (Å²) in [5.41, 5.74) is 20.6. The fourth-order valence-corrected chi connectivity index (χ4v) is 12.2. The molecule has 13 aromatic rings. The fraction of sp³-hybridized carbons (Fsp3) is 0.0164. The monoisotopic (exact) mass is 811 g/mol. The van der Waals surface area contributed by atoms with Crippen molar-refractivity contribution in [3.63, 3.8) is 0 Å². The molecule has 296 valence electrons. The minimum Gasteiger partial charge on any atom is -0.309 e. The van der Waals surface area contributed by atoms with Gasteiger partial charge in [-0.1, -0.05) is 152 Å². The van der Waals surface area contributed by atoms with Crippen molar-refractivity contribution >= 4 is 65.4 Å². The van der Waals surface area contributed by atoms with Crippen molar-refractivity contribution in [2.75, 3.05) is 0 Å². The van der Waals surface area contributed by atoms with Crippen LogP contribution in [0.15, 0.2) is 224 Å². The molecule has 3 heteroatoms. The highest BCUT2D eigenvalue weighted by Crippen LogP contribution is 2.63. The van der Waals surface area contributed by atoms with E-state index >= 15 is 0 Å². The van der Waals surface area contributed by atoms with E-state index in [2.05, 4.69) is 238 Å². The normalized spacial score (nSPS) is 14.9. The first kappa shape index (κ1) is 34.2. The largest absolute Gasteiger partial charge is 0.309 e. The van der Waals surface area contributed by atoms with Gasteiger partial charge < -0.3 is 13.7 Å². The highest BCUT2D eigenvalue weighted by atomic mass is 15.0. The molecule has 3 nitrogen and oxygen atoms in total. The van der Waals surface area contributed by atoms with Gasteiger partial charge in [0.25, 0.3) is 0 Å². The van der Waals surface area contributed by atoms with Gasteiger partial charge in [0.1, 0.15) is 0 Å². The molecular formula is C61H37N3. The predicted molar refractivity (Wildman–Crippen MR) is 266 cm³/mol. The molecule has 0 saturated carbocycles. The molecule has 0 N–H and O–H groups in total. The second-order valence-electron chi connectivity index (χ2n) is 17.6. The Balaban J connectivity index is 1.06. The molecule has 10 aromatic carbocycles. The van der Waals surface area contributed by atoms with E-state index in [0.717, 1.165) is 11.4 Å². The van der Waals surface area contributed by atoms with Crippen molar-refractivity contribution in [1.29, 1.82) is 0 Å². The van der Waals surface area contributed by atoms with Gasteiger partial charge in [-0.2, -0.15) is 0 Å². The number of fused-ring (bicyclic) bond motifs is 19. The Labute approximate surface area is 368 Å². The van der Waals surface area contributed by atoms with Crippen LogP contribution in [0.3, 0.4) is 0 Å². The Hall–Kier alpha value is -8.40. The molecule has 0 aliphatic heterocycles. The summed E-state index contributed by atoms with van der Waals surface area (Å²) in [5.74, 6) is 0. The molecular weight excluding hydrogens is 775 g/mol. The lowest BCUT2D eigenvalue weighted by Crippen LogP contribution is -2.26. The molecule has 1 spiro atoms. The van der Waals surface area contributed by atoms with Crippen molar-refractivity contribution in [3.05, 3.63) is 247 Å². The maximum absolute atomic E-state index is 2.52. The maximum Gasteiger partial charge on any atom is 0.0727 e. The third-order valence-electron chi connectivity index (χ3n) is 14.6. The maximum atomic E-state index is 2.52. The summed E-state index contributed by atoms with van der Waals surface area (Å²) >= 11 is 0. The molecule has 3 heterocycles. The molecule has 2 aliphatic rings. The average molecular weight is 812 g/mol. The van der Waals surface area contributed by atoms with E-state index in [1.165, 1.54) is 116 Å². The van der Waals surface area contributed by atoms with Crippen molar-refractivity contribution in [2.45, 2.75) is 5.41 Å². The van der Waals surface area contributed by atoms with Crippen LogP contribution in [0.4, 0.5) is 0 Å². The summed E-state index contributed by atoms with van der Waals surface area (Å²) in [7, 11) is 0. The Morgan fingerprint density at radius 1 is 0.219 bits per heavy atom. The summed E-state index contributed by atoms with van der Waals surface area (Å²) in [6, 6.07) is 84.0. The summed E-state index contributed by atoms with van der Waals surface area (Å²) in [6.07, 6.45) is 0. The molecule has 0 amide bonds. The lowest BCUT2D eigenvalue weighted by atomic mass is 9.70. The van der Waals surface area contributed by atoms with Crippen LogP contribution in [-0.4, -0.2) is 13.7 Å². The first-order chi connectivity index (χ1) is 31.8. The lowest BCUT2D eigenvalue weighted by Gasteiger charge is -2.31. The number of benzene rings is 10. The first-order valence-electron chi connectivity index (χ1n) is 22.3. The van der Waals surface area contributed by atoms with Crippen LogP contribution in [0, 0.1) is 0 Å². The number of hydrogen-bond acceptors (Lipinski definition) is 0. The summed E-state index contributed by atoms with van der Waals surface area (Å²) in [5, 5.41) is 7.59. The summed E-state index contributed by atoms with van der Waals surface area (Å²) in [6.45, 7) is 0. The topological polar surface area (TPSA) is 14.8 Å². The van der Waals surface area contributed by atoms with Gasteiger partial charge in [-0.15, -0.1) is 0 Å². The minimum atomic E-state index is -0.584. The average Bonchev–Trinajstić information content (AvgIpc) is 4.13. The van der Waals surface area contributed by atoms with E-state index in [0.29, 0.717) is 0 Å². The van der Waals surface area contributed by atoms with E-state index in [4.69, 9.17) is 0 Å². The smallest absolute Gasteiger partial charge is 0.0727 e. The molecule has 0 saturated heterocycles. The van der Waals surface area contributed by atoms with Gasteiger partial charge in [-0.05, 0) is 117 Å². The Morgan fingerprint density at radius 3 is 0.938 bits per heavy atom. The number of hydrogen-bond donors (Lipinski definition) is 0. The van der Waals surface area contributed by atoms with Crippen LogP contribution in [0.1, 0.15) is 22.3 Å². The van der Waals surface area contributed by atoms with Gasteiger partial charge in [-0.25, -0.2) is 0 Å². The van der Waals surface area contributed by atoms with Crippen molar-refractivity contribution in [2.24, 2.45) is 0 Å². The highest BCUT2D eigenvalue weighted by Gasteiger charge is 2.52. The van der Waals surface area contributed by atoms with Crippen LogP contribution >= 0.6 is 0 Å². The highest BCUT2D eigenvalue weighted by molar-refractivity contribution is 6.12. The second-order valence-corrected chi connectivity index (χ2v) is 17.6. The zero-order chi connectivity index (χ0) is 41.7. The van der Waals surface area contributed by atoms with Crippen LogP contribution in [0.2, 0.25) is 0 Å². The van der Waals surface area contributed by atoms with Gasteiger partial charge in [0.15, 0.2) is 0 Å². The van der Waals surface area contributed by atoms with Crippen LogP contribution in [0.25, 0.3) is 105 Å². The zero-order valence-electron chi connectivity index (χ0n) is 34.7. The molecule has 1 unspecified atom stereocenters. The third kappa shape index (κ3) is 4.21. The predicted octanol–water partition coefficient (Wildman–Crippen LogP) is 15.3. The second kappa shape index (κ2) is 12.4. The molecule has 3 aromatic heterocycles. The minimum absolute atomic E-state index is 0.584. The Morgan fingerprint density at radius 2 is 0.516 bits per heavy atom. The van der Waals surface area contributed by atoms with Crippen LogP contribution in [0.5, 0.6) is 0 Å². The van der Waals surface area contributed by atoms with E-state index in [9.17, 15) is 0 Å². The van der Waals surface area contributed by atoms with E-state index < -0.39 is 5.41 Å².